The second kappa shape index (κ2) is 5.90. The summed E-state index contributed by atoms with van der Waals surface area (Å²) >= 11 is 0. The highest BCUT2D eigenvalue weighted by Gasteiger charge is 2.21. The molecule has 2 aromatic rings. The highest BCUT2D eigenvalue weighted by molar-refractivity contribution is 5.60. The van der Waals surface area contributed by atoms with Crippen LogP contribution in [0.4, 0.5) is 11.5 Å². The van der Waals surface area contributed by atoms with Crippen LogP contribution < -0.4 is 10.6 Å². The number of benzene rings is 1. The molecule has 1 aromatic heterocycles. The average molecular weight is 268 g/mol. The van der Waals surface area contributed by atoms with Crippen molar-refractivity contribution in [2.24, 2.45) is 5.92 Å². The van der Waals surface area contributed by atoms with E-state index in [2.05, 4.69) is 45.2 Å². The van der Waals surface area contributed by atoms with E-state index in [9.17, 15) is 0 Å². The molecule has 0 amide bonds. The Kier molecular flexibility index (Phi) is 3.81. The number of piperidine rings is 1. The number of hydrogen-bond donors (Lipinski definition) is 1. The van der Waals surface area contributed by atoms with Crippen LogP contribution in [0.1, 0.15) is 18.4 Å². The van der Waals surface area contributed by atoms with E-state index in [0.29, 0.717) is 5.69 Å². The Morgan fingerprint density at radius 3 is 2.60 bits per heavy atom. The van der Waals surface area contributed by atoms with Crippen LogP contribution in [-0.4, -0.2) is 23.1 Å². The highest BCUT2D eigenvalue weighted by atomic mass is 15.2. The van der Waals surface area contributed by atoms with E-state index in [1.165, 1.54) is 24.8 Å². The molecule has 2 N–H and O–H groups in total. The van der Waals surface area contributed by atoms with Gasteiger partial charge in [-0.3, -0.25) is 0 Å². The fraction of sp³-hybridized carbons (Fsp3) is 0.375. The van der Waals surface area contributed by atoms with Gasteiger partial charge in [-0.15, -0.1) is 0 Å². The van der Waals surface area contributed by atoms with Crippen LogP contribution in [0.15, 0.2) is 42.9 Å². The van der Waals surface area contributed by atoms with Gasteiger partial charge in [-0.05, 0) is 30.7 Å². The molecule has 1 aliphatic rings. The maximum Gasteiger partial charge on any atom is 0.155 e. The van der Waals surface area contributed by atoms with Crippen LogP contribution >= 0.6 is 0 Å². The van der Waals surface area contributed by atoms with Crippen LogP contribution in [0.3, 0.4) is 0 Å². The molecule has 0 unspecified atom stereocenters. The molecule has 1 saturated heterocycles. The van der Waals surface area contributed by atoms with Crippen molar-refractivity contribution in [1.82, 2.24) is 9.97 Å². The lowest BCUT2D eigenvalue weighted by Gasteiger charge is -2.33. The van der Waals surface area contributed by atoms with Gasteiger partial charge in [0.05, 0.1) is 11.9 Å². The second-order valence-corrected chi connectivity index (χ2v) is 5.42. The summed E-state index contributed by atoms with van der Waals surface area (Å²) in [6.07, 6.45) is 6.81. The summed E-state index contributed by atoms with van der Waals surface area (Å²) < 4.78 is 0. The van der Waals surface area contributed by atoms with Crippen molar-refractivity contribution >= 4 is 11.5 Å². The van der Waals surface area contributed by atoms with Crippen molar-refractivity contribution < 1.29 is 0 Å². The molecule has 1 aliphatic heterocycles. The Labute approximate surface area is 119 Å². The monoisotopic (exact) mass is 268 g/mol. The number of nitrogen functional groups attached to an aromatic ring is 1. The summed E-state index contributed by atoms with van der Waals surface area (Å²) in [6, 6.07) is 10.7. The summed E-state index contributed by atoms with van der Waals surface area (Å²) in [5.74, 6) is 1.65. The summed E-state index contributed by atoms with van der Waals surface area (Å²) in [5.41, 5.74) is 8.06. The van der Waals surface area contributed by atoms with Crippen LogP contribution in [0, 0.1) is 5.92 Å². The molecule has 20 heavy (non-hydrogen) atoms. The van der Waals surface area contributed by atoms with E-state index in [1.807, 2.05) is 0 Å². The third kappa shape index (κ3) is 2.90. The first-order chi connectivity index (χ1) is 9.83. The minimum Gasteiger partial charge on any atom is -0.394 e. The van der Waals surface area contributed by atoms with E-state index in [-0.39, 0.29) is 0 Å². The maximum absolute atomic E-state index is 5.94. The summed E-state index contributed by atoms with van der Waals surface area (Å²) in [6.45, 7) is 2.05. The van der Waals surface area contributed by atoms with Crippen molar-refractivity contribution in [3.05, 3.63) is 48.4 Å². The molecule has 0 radical (unpaired) electrons. The number of hydrogen-bond acceptors (Lipinski definition) is 4. The van der Waals surface area contributed by atoms with Gasteiger partial charge in [0.2, 0.25) is 0 Å². The molecule has 0 saturated carbocycles. The summed E-state index contributed by atoms with van der Waals surface area (Å²) in [4.78, 5) is 10.5. The van der Waals surface area contributed by atoms with Crippen LogP contribution in [-0.2, 0) is 6.42 Å². The highest BCUT2D eigenvalue weighted by Crippen LogP contribution is 2.27. The van der Waals surface area contributed by atoms with Crippen LogP contribution in [0.2, 0.25) is 0 Å². The van der Waals surface area contributed by atoms with Gasteiger partial charge in [-0.2, -0.15) is 0 Å². The topological polar surface area (TPSA) is 55.0 Å². The van der Waals surface area contributed by atoms with E-state index in [4.69, 9.17) is 5.73 Å². The zero-order chi connectivity index (χ0) is 13.8. The Hall–Kier alpha value is -2.10. The molecule has 0 spiro atoms. The quantitative estimate of drug-likeness (QED) is 0.929. The number of anilines is 2. The lowest BCUT2D eigenvalue weighted by atomic mass is 9.90. The van der Waals surface area contributed by atoms with Gasteiger partial charge in [-0.1, -0.05) is 30.3 Å². The summed E-state index contributed by atoms with van der Waals surface area (Å²) in [7, 11) is 0. The molecule has 4 heteroatoms. The van der Waals surface area contributed by atoms with Crippen LogP contribution in [0.25, 0.3) is 0 Å². The molecule has 4 nitrogen and oxygen atoms in total. The molecule has 104 valence electrons. The molecule has 1 fully saturated rings. The first-order valence-corrected chi connectivity index (χ1v) is 7.17. The van der Waals surface area contributed by atoms with Gasteiger partial charge in [0.15, 0.2) is 5.82 Å². The maximum atomic E-state index is 5.94. The minimum absolute atomic E-state index is 0.675. The first kappa shape index (κ1) is 12.9. The molecule has 0 atom stereocenters. The standard InChI is InChI=1S/C16H20N4/c17-15-11-18-12-19-16(15)20-8-6-14(7-9-20)10-13-4-2-1-3-5-13/h1-5,11-12,14H,6-10,17H2. The zero-order valence-corrected chi connectivity index (χ0v) is 11.6. The Bertz CT molecular complexity index is 547. The smallest absolute Gasteiger partial charge is 0.155 e. The normalized spacial score (nSPS) is 16.3. The van der Waals surface area contributed by atoms with Gasteiger partial charge in [-0.25, -0.2) is 9.97 Å². The molecule has 2 heterocycles. The van der Waals surface area contributed by atoms with Crippen LogP contribution in [0.5, 0.6) is 0 Å². The van der Waals surface area contributed by atoms with E-state index >= 15 is 0 Å². The largest absolute Gasteiger partial charge is 0.394 e. The van der Waals surface area contributed by atoms with Crippen molar-refractivity contribution in [2.45, 2.75) is 19.3 Å². The van der Waals surface area contributed by atoms with E-state index < -0.39 is 0 Å². The Balaban J connectivity index is 1.59. The van der Waals surface area contributed by atoms with Crippen molar-refractivity contribution in [2.75, 3.05) is 23.7 Å². The average Bonchev–Trinajstić information content (AvgIpc) is 2.50. The third-order valence-electron chi connectivity index (χ3n) is 4.00. The summed E-state index contributed by atoms with van der Waals surface area (Å²) in [5, 5.41) is 0. The lowest BCUT2D eigenvalue weighted by Crippen LogP contribution is -2.35. The number of rotatable bonds is 3. The SMILES string of the molecule is Nc1cncnc1N1CCC(Cc2ccccc2)CC1. The molecular formula is C16H20N4. The number of aromatic nitrogens is 2. The zero-order valence-electron chi connectivity index (χ0n) is 11.6. The van der Waals surface area contributed by atoms with Gasteiger partial charge >= 0.3 is 0 Å². The van der Waals surface area contributed by atoms with Crippen molar-refractivity contribution in [1.29, 1.82) is 0 Å². The predicted molar refractivity (Wildman–Crippen MR) is 81.5 cm³/mol. The Morgan fingerprint density at radius 1 is 1.15 bits per heavy atom. The van der Waals surface area contributed by atoms with Crippen molar-refractivity contribution in [3.63, 3.8) is 0 Å². The predicted octanol–water partition coefficient (Wildman–Crippen LogP) is 2.52. The number of nitrogens with zero attached hydrogens (tertiary/aromatic N) is 3. The molecule has 0 aliphatic carbocycles. The first-order valence-electron chi connectivity index (χ1n) is 7.17. The molecule has 1 aromatic carbocycles. The lowest BCUT2D eigenvalue weighted by molar-refractivity contribution is 0.402. The van der Waals surface area contributed by atoms with Crippen molar-refractivity contribution in [3.8, 4) is 0 Å². The third-order valence-corrected chi connectivity index (χ3v) is 4.00. The molecule has 0 bridgehead atoms. The molecule has 3 rings (SSSR count). The van der Waals surface area contributed by atoms with Gasteiger partial charge in [0, 0.05) is 13.1 Å². The van der Waals surface area contributed by atoms with E-state index in [0.717, 1.165) is 24.8 Å². The fourth-order valence-corrected chi connectivity index (χ4v) is 2.89. The van der Waals surface area contributed by atoms with Gasteiger partial charge in [0.1, 0.15) is 6.33 Å². The number of nitrogens with two attached hydrogens (primary N) is 1. The fourth-order valence-electron chi connectivity index (χ4n) is 2.89. The Morgan fingerprint density at radius 2 is 1.90 bits per heavy atom. The second-order valence-electron chi connectivity index (χ2n) is 5.42. The van der Waals surface area contributed by atoms with Gasteiger partial charge < -0.3 is 10.6 Å². The molecular weight excluding hydrogens is 248 g/mol. The van der Waals surface area contributed by atoms with E-state index in [1.54, 1.807) is 12.5 Å². The minimum atomic E-state index is 0.675. The van der Waals surface area contributed by atoms with Gasteiger partial charge in [0.25, 0.3) is 0 Å².